The maximum Gasteiger partial charge on any atom is 0.223 e. The van der Waals surface area contributed by atoms with Crippen molar-refractivity contribution >= 4 is 0 Å². The van der Waals surface area contributed by atoms with E-state index in [1.807, 2.05) is 0 Å². The molecule has 0 amide bonds. The molecule has 2 atom stereocenters. The van der Waals surface area contributed by atoms with Gasteiger partial charge in [-0.1, -0.05) is 182 Å². The molecule has 0 fully saturated rings. The first-order chi connectivity index (χ1) is 26.1. The topological polar surface area (TPSA) is 64.6 Å². The molecule has 0 rings (SSSR count). The third kappa shape index (κ3) is 28.6. The first-order valence-electron chi connectivity index (χ1n) is 22.6. The number of hydrogen-bond acceptors (Lipinski definition) is 7. The van der Waals surface area contributed by atoms with Crippen LogP contribution in [0.25, 0.3) is 0 Å². The van der Waals surface area contributed by atoms with Crippen molar-refractivity contribution in [3.8, 4) is 0 Å². The Balaban J connectivity index is 5.87. The van der Waals surface area contributed by atoms with Crippen molar-refractivity contribution in [2.45, 2.75) is 233 Å². The van der Waals surface area contributed by atoms with Gasteiger partial charge in [-0.15, -0.1) is 0 Å². The van der Waals surface area contributed by atoms with Gasteiger partial charge in [0.1, 0.15) is 11.5 Å². The van der Waals surface area contributed by atoms with Crippen LogP contribution in [-0.4, -0.2) is 54.2 Å². The lowest BCUT2D eigenvalue weighted by Gasteiger charge is -2.29. The summed E-state index contributed by atoms with van der Waals surface area (Å²) in [6.45, 7) is 10.1. The van der Waals surface area contributed by atoms with E-state index in [-0.39, 0.29) is 0 Å². The summed E-state index contributed by atoms with van der Waals surface area (Å²) >= 11 is 0. The fourth-order valence-corrected chi connectivity index (χ4v) is 6.78. The summed E-state index contributed by atoms with van der Waals surface area (Å²) in [4.78, 5) is 0. The van der Waals surface area contributed by atoms with Gasteiger partial charge in [-0.2, -0.15) is 0 Å². The Morgan fingerprint density at radius 2 is 0.585 bits per heavy atom. The van der Waals surface area contributed by atoms with E-state index in [9.17, 15) is 0 Å². The summed E-state index contributed by atoms with van der Waals surface area (Å²) < 4.78 is 43.8. The molecular weight excluding hydrogens is 664 g/mol. The minimum atomic E-state index is -0.805. The molecule has 7 nitrogen and oxygen atoms in total. The van der Waals surface area contributed by atoms with Crippen LogP contribution in [-0.2, 0) is 33.2 Å². The largest absolute Gasteiger partial charge is 0.497 e. The summed E-state index contributed by atoms with van der Waals surface area (Å²) in [6.07, 6.45) is 34.4. The number of hydrogen-bond donors (Lipinski definition) is 0. The Hall–Kier alpha value is -1.44. The maximum absolute atomic E-state index is 6.76. The van der Waals surface area contributed by atoms with Gasteiger partial charge >= 0.3 is 0 Å². The molecule has 0 saturated heterocycles. The van der Waals surface area contributed by atoms with Gasteiger partial charge in [0.2, 0.25) is 12.6 Å². The molecule has 0 saturated carbocycles. The molecule has 0 N–H and O–H groups in total. The first-order valence-corrected chi connectivity index (χ1v) is 22.6. The second-order valence-corrected chi connectivity index (χ2v) is 14.9. The summed E-state index contributed by atoms with van der Waals surface area (Å²) in [5.41, 5.74) is 0. The van der Waals surface area contributed by atoms with Gasteiger partial charge in [-0.25, -0.2) is 0 Å². The molecule has 0 spiro atoms. The normalized spacial score (nSPS) is 13.7. The third-order valence-electron chi connectivity index (χ3n) is 10.2. The van der Waals surface area contributed by atoms with E-state index in [4.69, 9.17) is 33.2 Å². The van der Waals surface area contributed by atoms with Crippen LogP contribution in [0.2, 0.25) is 0 Å². The van der Waals surface area contributed by atoms with Crippen molar-refractivity contribution < 1.29 is 33.2 Å². The van der Waals surface area contributed by atoms with Gasteiger partial charge < -0.3 is 33.2 Å². The van der Waals surface area contributed by atoms with Crippen molar-refractivity contribution in [1.29, 1.82) is 0 Å². The van der Waals surface area contributed by atoms with Crippen LogP contribution in [0.3, 0.4) is 0 Å². The SMILES string of the molecule is CCCCCCCCCCCCC(OC)=C(OC)C(OCCCCCC)OC(OCCCCCC)C(OC)=C(CCCCCCCCCCCC)OC. The van der Waals surface area contributed by atoms with Crippen molar-refractivity contribution in [2.24, 2.45) is 0 Å². The van der Waals surface area contributed by atoms with Crippen molar-refractivity contribution in [2.75, 3.05) is 41.7 Å². The number of methoxy groups -OCH3 is 4. The van der Waals surface area contributed by atoms with E-state index >= 15 is 0 Å². The number of ether oxygens (including phenoxy) is 7. The van der Waals surface area contributed by atoms with Gasteiger partial charge in [0.05, 0.1) is 41.7 Å². The molecule has 0 aromatic heterocycles. The lowest BCUT2D eigenvalue weighted by Crippen LogP contribution is -2.33. The molecule has 0 heterocycles. The lowest BCUT2D eigenvalue weighted by atomic mass is 10.1. The highest BCUT2D eigenvalue weighted by Gasteiger charge is 2.31. The van der Waals surface area contributed by atoms with Gasteiger partial charge in [-0.05, 0) is 25.7 Å². The Bertz CT molecular complexity index is 761. The van der Waals surface area contributed by atoms with Gasteiger partial charge in [0.25, 0.3) is 0 Å². The van der Waals surface area contributed by atoms with Crippen LogP contribution in [0.4, 0.5) is 0 Å². The number of unbranched alkanes of at least 4 members (excludes halogenated alkanes) is 24. The van der Waals surface area contributed by atoms with E-state index in [1.165, 1.54) is 141 Å². The Kier molecular flexibility index (Phi) is 39.1. The summed E-state index contributed by atoms with van der Waals surface area (Å²) in [7, 11) is 6.81. The summed E-state index contributed by atoms with van der Waals surface area (Å²) in [6, 6.07) is 0. The average molecular weight is 755 g/mol. The number of rotatable bonds is 42. The minimum absolute atomic E-state index is 0.553. The number of allylic oxidation sites excluding steroid dienone is 2. The third-order valence-corrected chi connectivity index (χ3v) is 10.2. The fraction of sp³-hybridized carbons (Fsp3) is 0.913. The summed E-state index contributed by atoms with van der Waals surface area (Å²) in [5.74, 6) is 2.69. The zero-order chi connectivity index (χ0) is 39.0. The molecule has 0 aromatic carbocycles. The van der Waals surface area contributed by atoms with Crippen LogP contribution in [0.15, 0.2) is 23.0 Å². The van der Waals surface area contributed by atoms with Crippen molar-refractivity contribution in [3.05, 3.63) is 23.0 Å². The monoisotopic (exact) mass is 755 g/mol. The molecule has 2 unspecified atom stereocenters. The van der Waals surface area contributed by atoms with Crippen LogP contribution in [0.1, 0.15) is 220 Å². The zero-order valence-electron chi connectivity index (χ0n) is 36.6. The Morgan fingerprint density at radius 1 is 0.321 bits per heavy atom. The van der Waals surface area contributed by atoms with Gasteiger partial charge in [0, 0.05) is 12.8 Å². The second-order valence-electron chi connectivity index (χ2n) is 14.9. The molecule has 7 heteroatoms. The zero-order valence-corrected chi connectivity index (χ0v) is 36.6. The molecule has 0 aliphatic rings. The second kappa shape index (κ2) is 40.2. The van der Waals surface area contributed by atoms with Crippen molar-refractivity contribution in [3.63, 3.8) is 0 Å². The molecule has 0 radical (unpaired) electrons. The lowest BCUT2D eigenvalue weighted by molar-refractivity contribution is -0.240. The quantitative estimate of drug-likeness (QED) is 0.0349. The maximum atomic E-state index is 6.76. The molecule has 53 heavy (non-hydrogen) atoms. The van der Waals surface area contributed by atoms with E-state index in [0.717, 1.165) is 62.9 Å². The first kappa shape index (κ1) is 51.6. The predicted octanol–water partition coefficient (Wildman–Crippen LogP) is 14.5. The Morgan fingerprint density at radius 3 is 0.849 bits per heavy atom. The Labute approximate surface area is 330 Å². The predicted molar refractivity (Wildman–Crippen MR) is 224 cm³/mol. The highest BCUT2D eigenvalue weighted by Crippen LogP contribution is 2.28. The standard InChI is InChI=1S/C46H90O7/c1-9-13-17-21-23-25-27-29-31-33-37-41(47-5)43(49-7)45(51-39-35-19-15-11-3)53-46(52-40-36-20-16-12-4)44(50-8)42(48-6)38-34-32-30-28-26-24-22-18-14-10-2/h45-46H,9-40H2,1-8H3. The van der Waals surface area contributed by atoms with Crippen LogP contribution >= 0.6 is 0 Å². The average Bonchev–Trinajstić information content (AvgIpc) is 3.17. The van der Waals surface area contributed by atoms with Crippen LogP contribution < -0.4 is 0 Å². The van der Waals surface area contributed by atoms with Gasteiger partial charge in [-0.3, -0.25) is 0 Å². The molecule has 0 aliphatic carbocycles. The van der Waals surface area contributed by atoms with Gasteiger partial charge in [0.15, 0.2) is 11.5 Å². The van der Waals surface area contributed by atoms with Crippen LogP contribution in [0, 0.1) is 0 Å². The van der Waals surface area contributed by atoms with E-state index < -0.39 is 12.6 Å². The molecular formula is C46H90O7. The van der Waals surface area contributed by atoms with Crippen LogP contribution in [0.5, 0.6) is 0 Å². The van der Waals surface area contributed by atoms with E-state index in [1.54, 1.807) is 28.4 Å². The highest BCUT2D eigenvalue weighted by molar-refractivity contribution is 5.08. The van der Waals surface area contributed by atoms with Crippen molar-refractivity contribution in [1.82, 2.24) is 0 Å². The fourth-order valence-electron chi connectivity index (χ4n) is 6.78. The summed E-state index contributed by atoms with van der Waals surface area (Å²) in [5, 5.41) is 0. The smallest absolute Gasteiger partial charge is 0.223 e. The highest BCUT2D eigenvalue weighted by atomic mass is 16.8. The molecule has 316 valence electrons. The molecule has 0 aromatic rings. The molecule has 0 bridgehead atoms. The van der Waals surface area contributed by atoms with E-state index in [0.29, 0.717) is 24.7 Å². The van der Waals surface area contributed by atoms with E-state index in [2.05, 4.69) is 27.7 Å². The minimum Gasteiger partial charge on any atom is -0.497 e. The molecule has 0 aliphatic heterocycles.